The number of hydrogen-bond donors (Lipinski definition) is 3. The first-order valence-corrected chi connectivity index (χ1v) is 9.06. The van der Waals surface area contributed by atoms with Gasteiger partial charge < -0.3 is 20.7 Å². The predicted molar refractivity (Wildman–Crippen MR) is 124 cm³/mol. The largest absolute Gasteiger partial charge is 0.489 e. The maximum Gasteiger partial charge on any atom is 0.239 e. The molecule has 0 bridgehead atoms. The predicted octanol–water partition coefficient (Wildman–Crippen LogP) is 2.86. The van der Waals surface area contributed by atoms with Crippen molar-refractivity contribution in [2.75, 3.05) is 20.1 Å². The lowest BCUT2D eigenvalue weighted by molar-refractivity contribution is -0.120. The van der Waals surface area contributed by atoms with Crippen molar-refractivity contribution >= 4 is 35.8 Å². The monoisotopic (exact) mass is 496 g/mol. The second-order valence-electron chi connectivity index (χ2n) is 6.26. The van der Waals surface area contributed by atoms with E-state index in [1.165, 1.54) is 0 Å². The van der Waals surface area contributed by atoms with Crippen LogP contribution in [0.4, 0.5) is 0 Å². The van der Waals surface area contributed by atoms with Crippen molar-refractivity contribution in [1.82, 2.24) is 16.0 Å². The van der Waals surface area contributed by atoms with Crippen molar-refractivity contribution in [3.63, 3.8) is 0 Å². The van der Waals surface area contributed by atoms with E-state index in [0.29, 0.717) is 19.0 Å². The molecule has 0 radical (unpaired) electrons. The fourth-order valence-corrected chi connectivity index (χ4v) is 2.43. The molecule has 28 heavy (non-hydrogen) atoms. The first-order valence-electron chi connectivity index (χ1n) is 9.06. The van der Waals surface area contributed by atoms with Crippen LogP contribution in [-0.2, 0) is 11.3 Å². The Hall–Kier alpha value is -2.29. The third-order valence-corrected chi connectivity index (χ3v) is 3.95. The van der Waals surface area contributed by atoms with Gasteiger partial charge in [0.25, 0.3) is 0 Å². The molecule has 0 heterocycles. The van der Waals surface area contributed by atoms with Gasteiger partial charge in [0.15, 0.2) is 5.96 Å². The molecular formula is C21H29IN4O2. The van der Waals surface area contributed by atoms with Crippen molar-refractivity contribution in [2.45, 2.75) is 26.5 Å². The lowest BCUT2D eigenvalue weighted by atomic mass is 10.2. The summed E-state index contributed by atoms with van der Waals surface area (Å²) in [5, 5.41) is 9.05. The van der Waals surface area contributed by atoms with Crippen molar-refractivity contribution in [2.24, 2.45) is 4.99 Å². The van der Waals surface area contributed by atoms with Crippen LogP contribution in [0.15, 0.2) is 59.6 Å². The van der Waals surface area contributed by atoms with Crippen molar-refractivity contribution in [3.05, 3.63) is 65.7 Å². The molecule has 0 saturated carbocycles. The number of guanidine groups is 1. The van der Waals surface area contributed by atoms with Gasteiger partial charge in [-0.05, 0) is 31.0 Å². The average Bonchev–Trinajstić information content (AvgIpc) is 2.69. The number of aryl methyl sites for hydroxylation is 1. The summed E-state index contributed by atoms with van der Waals surface area (Å²) in [6.45, 7) is 5.23. The van der Waals surface area contributed by atoms with Crippen LogP contribution in [0, 0.1) is 6.92 Å². The quantitative estimate of drug-likeness (QED) is 0.299. The third-order valence-electron chi connectivity index (χ3n) is 3.95. The van der Waals surface area contributed by atoms with Crippen LogP contribution in [0.1, 0.15) is 18.1 Å². The zero-order chi connectivity index (χ0) is 19.5. The molecule has 2 aromatic rings. The Bertz CT molecular complexity index is 753. The molecule has 0 saturated heterocycles. The fourth-order valence-electron chi connectivity index (χ4n) is 2.43. The van der Waals surface area contributed by atoms with Gasteiger partial charge in [0.05, 0.1) is 13.1 Å². The van der Waals surface area contributed by atoms with Crippen LogP contribution in [0.5, 0.6) is 5.75 Å². The van der Waals surface area contributed by atoms with Gasteiger partial charge in [0.1, 0.15) is 11.9 Å². The van der Waals surface area contributed by atoms with E-state index in [-0.39, 0.29) is 42.5 Å². The van der Waals surface area contributed by atoms with Crippen molar-refractivity contribution < 1.29 is 9.53 Å². The summed E-state index contributed by atoms with van der Waals surface area (Å²) >= 11 is 0. The normalized spacial score (nSPS) is 11.8. The molecule has 0 aromatic heterocycles. The van der Waals surface area contributed by atoms with Gasteiger partial charge in [-0.15, -0.1) is 24.0 Å². The Labute approximate surface area is 184 Å². The Morgan fingerprint density at radius 3 is 2.39 bits per heavy atom. The molecule has 1 atom stereocenters. The van der Waals surface area contributed by atoms with E-state index in [1.807, 2.05) is 68.4 Å². The molecule has 0 fully saturated rings. The minimum absolute atomic E-state index is 0. The highest BCUT2D eigenvalue weighted by Crippen LogP contribution is 2.17. The van der Waals surface area contributed by atoms with Crippen LogP contribution < -0.4 is 20.7 Å². The maximum absolute atomic E-state index is 12.0. The molecule has 0 aliphatic heterocycles. The molecule has 1 unspecified atom stereocenters. The van der Waals surface area contributed by atoms with Gasteiger partial charge in [-0.2, -0.15) is 0 Å². The van der Waals surface area contributed by atoms with Crippen molar-refractivity contribution in [3.8, 4) is 5.75 Å². The molecule has 0 spiro atoms. The maximum atomic E-state index is 12.0. The second kappa shape index (κ2) is 13.0. The Morgan fingerprint density at radius 2 is 1.71 bits per heavy atom. The van der Waals surface area contributed by atoms with E-state index in [2.05, 4.69) is 20.9 Å². The number of aliphatic imine (C=N–C) groups is 1. The number of rotatable bonds is 8. The summed E-state index contributed by atoms with van der Waals surface area (Å²) in [4.78, 5) is 16.1. The Kier molecular flexibility index (Phi) is 11.0. The van der Waals surface area contributed by atoms with E-state index in [1.54, 1.807) is 7.05 Å². The van der Waals surface area contributed by atoms with Gasteiger partial charge in [0.2, 0.25) is 5.91 Å². The molecule has 3 N–H and O–H groups in total. The van der Waals surface area contributed by atoms with Gasteiger partial charge >= 0.3 is 0 Å². The molecule has 152 valence electrons. The molecule has 0 aliphatic carbocycles. The number of para-hydroxylation sites is 1. The first kappa shape index (κ1) is 23.7. The highest BCUT2D eigenvalue weighted by atomic mass is 127. The number of ether oxygens (including phenoxy) is 1. The van der Waals surface area contributed by atoms with Crippen LogP contribution in [-0.4, -0.2) is 38.1 Å². The summed E-state index contributed by atoms with van der Waals surface area (Å²) in [7, 11) is 1.67. The summed E-state index contributed by atoms with van der Waals surface area (Å²) in [6.07, 6.45) is -0.0449. The van der Waals surface area contributed by atoms with Gasteiger partial charge in [-0.25, -0.2) is 0 Å². The average molecular weight is 496 g/mol. The third kappa shape index (κ3) is 8.60. The zero-order valence-corrected chi connectivity index (χ0v) is 18.9. The lowest BCUT2D eigenvalue weighted by Crippen LogP contribution is -2.45. The second-order valence-corrected chi connectivity index (χ2v) is 6.26. The molecule has 2 rings (SSSR count). The first-order chi connectivity index (χ1) is 13.1. The van der Waals surface area contributed by atoms with Gasteiger partial charge in [-0.3, -0.25) is 9.79 Å². The summed E-state index contributed by atoms with van der Waals surface area (Å²) < 4.78 is 5.93. The summed E-state index contributed by atoms with van der Waals surface area (Å²) in [5.74, 6) is 1.34. The highest BCUT2D eigenvalue weighted by molar-refractivity contribution is 14.0. The Balaban J connectivity index is 0.00000392. The zero-order valence-electron chi connectivity index (χ0n) is 16.6. The van der Waals surface area contributed by atoms with E-state index in [4.69, 9.17) is 4.74 Å². The van der Waals surface area contributed by atoms with Crippen LogP contribution in [0.3, 0.4) is 0 Å². The number of nitrogens with one attached hydrogen (secondary N) is 3. The summed E-state index contributed by atoms with van der Waals surface area (Å²) in [5.41, 5.74) is 2.16. The van der Waals surface area contributed by atoms with E-state index in [9.17, 15) is 4.79 Å². The number of amides is 1. The van der Waals surface area contributed by atoms with Gasteiger partial charge in [0, 0.05) is 13.6 Å². The standard InChI is InChI=1S/C21H28N4O2.HI/c1-16-9-7-8-12-19(16)27-17(2)13-24-21(22-3)25-15-20(26)23-14-18-10-5-4-6-11-18;/h4-12,17H,13-15H2,1-3H3,(H,23,26)(H2,22,24,25);1H. The number of carbonyl (C=O) groups excluding carboxylic acids is 1. The molecule has 0 aliphatic rings. The minimum atomic E-state index is -0.0917. The van der Waals surface area contributed by atoms with Crippen LogP contribution in [0.25, 0.3) is 0 Å². The number of carbonyl (C=O) groups is 1. The van der Waals surface area contributed by atoms with E-state index in [0.717, 1.165) is 16.9 Å². The molecule has 6 nitrogen and oxygen atoms in total. The number of hydrogen-bond acceptors (Lipinski definition) is 3. The van der Waals surface area contributed by atoms with Crippen molar-refractivity contribution in [1.29, 1.82) is 0 Å². The fraction of sp³-hybridized carbons (Fsp3) is 0.333. The lowest BCUT2D eigenvalue weighted by Gasteiger charge is -2.18. The number of benzene rings is 2. The van der Waals surface area contributed by atoms with Crippen LogP contribution in [0.2, 0.25) is 0 Å². The van der Waals surface area contributed by atoms with E-state index < -0.39 is 0 Å². The number of nitrogens with zero attached hydrogens (tertiary/aromatic N) is 1. The van der Waals surface area contributed by atoms with Gasteiger partial charge in [-0.1, -0.05) is 48.5 Å². The Morgan fingerprint density at radius 1 is 1.04 bits per heavy atom. The molecule has 1 amide bonds. The SMILES string of the molecule is CN=C(NCC(=O)NCc1ccccc1)NCC(C)Oc1ccccc1C.I. The van der Waals surface area contributed by atoms with Crippen LogP contribution >= 0.6 is 24.0 Å². The van der Waals surface area contributed by atoms with E-state index >= 15 is 0 Å². The smallest absolute Gasteiger partial charge is 0.239 e. The number of halogens is 1. The molecule has 2 aromatic carbocycles. The molecular weight excluding hydrogens is 467 g/mol. The topological polar surface area (TPSA) is 74.8 Å². The summed E-state index contributed by atoms with van der Waals surface area (Å²) in [6, 6.07) is 17.7. The highest BCUT2D eigenvalue weighted by Gasteiger charge is 2.08. The molecule has 7 heteroatoms. The minimum Gasteiger partial charge on any atom is -0.489 e.